The van der Waals surface area contributed by atoms with E-state index in [2.05, 4.69) is 5.32 Å². The molecule has 0 saturated carbocycles. The lowest BCUT2D eigenvalue weighted by molar-refractivity contribution is -0.127. The number of benzene rings is 2. The van der Waals surface area contributed by atoms with Crippen molar-refractivity contribution in [2.45, 2.75) is 32.7 Å². The Labute approximate surface area is 188 Å². The molecular formula is C24H29ClN2O4. The topological polar surface area (TPSA) is 67.9 Å². The molecule has 0 radical (unpaired) electrons. The van der Waals surface area contributed by atoms with Gasteiger partial charge in [0, 0.05) is 23.7 Å². The van der Waals surface area contributed by atoms with E-state index in [-0.39, 0.29) is 23.8 Å². The second-order valence-corrected chi connectivity index (χ2v) is 8.33. The molecule has 2 aromatic rings. The van der Waals surface area contributed by atoms with Gasteiger partial charge in [-0.05, 0) is 74.2 Å². The fraction of sp³-hybridized carbons (Fsp3) is 0.417. The second-order valence-electron chi connectivity index (χ2n) is 7.89. The number of piperidine rings is 1. The van der Waals surface area contributed by atoms with Crippen LogP contribution in [0.15, 0.2) is 36.4 Å². The molecule has 1 saturated heterocycles. The van der Waals surface area contributed by atoms with Crippen molar-refractivity contribution in [1.82, 2.24) is 10.2 Å². The Balaban J connectivity index is 1.67. The molecule has 0 bridgehead atoms. The van der Waals surface area contributed by atoms with E-state index >= 15 is 0 Å². The number of aryl methyl sites for hydroxylation is 1. The standard InChI is InChI=1S/C24H29ClN2O4/c1-15-12-21(30-3)22(31-4)13-20(15)16(2)26-23(28)18-6-5-11-27(14-18)24(29)17-7-9-19(25)10-8-17/h7-10,12-13,16,18H,5-6,11,14H2,1-4H3,(H,26,28). The van der Waals surface area contributed by atoms with E-state index in [0.717, 1.165) is 24.0 Å². The van der Waals surface area contributed by atoms with Gasteiger partial charge in [-0.2, -0.15) is 0 Å². The lowest BCUT2D eigenvalue weighted by atomic mass is 9.95. The van der Waals surface area contributed by atoms with Crippen molar-refractivity contribution in [3.05, 3.63) is 58.1 Å². The Morgan fingerprint density at radius 2 is 1.77 bits per heavy atom. The molecule has 2 amide bonds. The van der Waals surface area contributed by atoms with Gasteiger partial charge in [0.1, 0.15) is 0 Å². The molecule has 7 heteroatoms. The largest absolute Gasteiger partial charge is 0.493 e. The van der Waals surface area contributed by atoms with Crippen LogP contribution < -0.4 is 14.8 Å². The van der Waals surface area contributed by atoms with Crippen LogP contribution in [0, 0.1) is 12.8 Å². The van der Waals surface area contributed by atoms with Gasteiger partial charge in [-0.15, -0.1) is 0 Å². The summed E-state index contributed by atoms with van der Waals surface area (Å²) in [4.78, 5) is 27.6. The number of hydrogen-bond donors (Lipinski definition) is 1. The Morgan fingerprint density at radius 3 is 2.42 bits per heavy atom. The summed E-state index contributed by atoms with van der Waals surface area (Å²) < 4.78 is 10.8. The highest BCUT2D eigenvalue weighted by Crippen LogP contribution is 2.33. The first-order valence-electron chi connectivity index (χ1n) is 10.4. The van der Waals surface area contributed by atoms with E-state index in [1.165, 1.54) is 0 Å². The molecule has 1 aliphatic heterocycles. The van der Waals surface area contributed by atoms with Crippen molar-refractivity contribution in [3.63, 3.8) is 0 Å². The van der Waals surface area contributed by atoms with E-state index in [4.69, 9.17) is 21.1 Å². The molecule has 0 aliphatic carbocycles. The lowest BCUT2D eigenvalue weighted by Gasteiger charge is -2.33. The van der Waals surface area contributed by atoms with Gasteiger partial charge in [-0.3, -0.25) is 9.59 Å². The summed E-state index contributed by atoms with van der Waals surface area (Å²) in [5, 5.41) is 3.70. The number of amides is 2. The van der Waals surface area contributed by atoms with Crippen LogP contribution in [-0.2, 0) is 4.79 Å². The van der Waals surface area contributed by atoms with Gasteiger partial charge in [0.15, 0.2) is 11.5 Å². The van der Waals surface area contributed by atoms with Crippen molar-refractivity contribution in [2.24, 2.45) is 5.92 Å². The number of rotatable bonds is 6. The minimum atomic E-state index is -0.243. The normalized spacial score (nSPS) is 17.1. The summed E-state index contributed by atoms with van der Waals surface area (Å²) in [5.41, 5.74) is 2.56. The SMILES string of the molecule is COc1cc(C)c(C(C)NC(=O)C2CCCN(C(=O)c3ccc(Cl)cc3)C2)cc1OC. The first kappa shape index (κ1) is 22.9. The van der Waals surface area contributed by atoms with Gasteiger partial charge in [0.25, 0.3) is 5.91 Å². The zero-order valence-electron chi connectivity index (χ0n) is 18.4. The molecule has 3 rings (SSSR count). The first-order valence-corrected chi connectivity index (χ1v) is 10.8. The molecule has 1 aliphatic rings. The molecular weight excluding hydrogens is 416 g/mol. The number of carbonyl (C=O) groups excluding carboxylic acids is 2. The predicted molar refractivity (Wildman–Crippen MR) is 121 cm³/mol. The molecule has 1 N–H and O–H groups in total. The number of nitrogens with zero attached hydrogens (tertiary/aromatic N) is 1. The summed E-state index contributed by atoms with van der Waals surface area (Å²) in [6.45, 7) is 4.99. The maximum atomic E-state index is 13.0. The molecule has 2 aromatic carbocycles. The van der Waals surface area contributed by atoms with Crippen LogP contribution in [-0.4, -0.2) is 44.0 Å². The molecule has 0 aromatic heterocycles. The predicted octanol–water partition coefficient (Wildman–Crippen LogP) is 4.40. The smallest absolute Gasteiger partial charge is 0.253 e. The van der Waals surface area contributed by atoms with Gasteiger partial charge in [-0.1, -0.05) is 11.6 Å². The molecule has 2 unspecified atom stereocenters. The summed E-state index contributed by atoms with van der Waals surface area (Å²) in [5.74, 6) is 0.925. The number of hydrogen-bond acceptors (Lipinski definition) is 4. The minimum absolute atomic E-state index is 0.0460. The van der Waals surface area contributed by atoms with Crippen LogP contribution in [0.2, 0.25) is 5.02 Å². The Hall–Kier alpha value is -2.73. The van der Waals surface area contributed by atoms with E-state index in [0.29, 0.717) is 35.2 Å². The highest BCUT2D eigenvalue weighted by molar-refractivity contribution is 6.30. The fourth-order valence-electron chi connectivity index (χ4n) is 4.02. The van der Waals surface area contributed by atoms with Crippen LogP contribution in [0.4, 0.5) is 0 Å². The first-order chi connectivity index (χ1) is 14.8. The van der Waals surface area contributed by atoms with Crippen molar-refractivity contribution in [2.75, 3.05) is 27.3 Å². The number of nitrogens with one attached hydrogen (secondary N) is 1. The van der Waals surface area contributed by atoms with Crippen LogP contribution in [0.1, 0.15) is 47.3 Å². The molecule has 2 atom stereocenters. The molecule has 166 valence electrons. The lowest BCUT2D eigenvalue weighted by Crippen LogP contribution is -2.45. The third kappa shape index (κ3) is 5.31. The maximum absolute atomic E-state index is 13.0. The maximum Gasteiger partial charge on any atom is 0.253 e. The third-order valence-corrected chi connectivity index (χ3v) is 6.02. The van der Waals surface area contributed by atoms with E-state index in [1.54, 1.807) is 43.4 Å². The van der Waals surface area contributed by atoms with E-state index < -0.39 is 0 Å². The van der Waals surface area contributed by atoms with Gasteiger partial charge in [-0.25, -0.2) is 0 Å². The molecule has 6 nitrogen and oxygen atoms in total. The summed E-state index contributed by atoms with van der Waals surface area (Å²) >= 11 is 5.92. The van der Waals surface area contributed by atoms with E-state index in [1.807, 2.05) is 26.0 Å². The summed E-state index contributed by atoms with van der Waals surface area (Å²) in [7, 11) is 3.19. The number of methoxy groups -OCH3 is 2. The second kappa shape index (κ2) is 10.1. The Bertz CT molecular complexity index is 945. The quantitative estimate of drug-likeness (QED) is 0.717. The van der Waals surface area contributed by atoms with E-state index in [9.17, 15) is 9.59 Å². The molecule has 31 heavy (non-hydrogen) atoms. The third-order valence-electron chi connectivity index (χ3n) is 5.77. The number of halogens is 1. The van der Waals surface area contributed by atoms with Gasteiger partial charge >= 0.3 is 0 Å². The molecule has 1 fully saturated rings. The van der Waals surface area contributed by atoms with Crippen molar-refractivity contribution < 1.29 is 19.1 Å². The average Bonchev–Trinajstić information content (AvgIpc) is 2.78. The minimum Gasteiger partial charge on any atom is -0.493 e. The van der Waals surface area contributed by atoms with Crippen LogP contribution in [0.25, 0.3) is 0 Å². The molecule has 0 spiro atoms. The average molecular weight is 445 g/mol. The van der Waals surface area contributed by atoms with Crippen molar-refractivity contribution in [1.29, 1.82) is 0 Å². The van der Waals surface area contributed by atoms with Crippen LogP contribution >= 0.6 is 11.6 Å². The number of likely N-dealkylation sites (tertiary alicyclic amines) is 1. The van der Waals surface area contributed by atoms with Gasteiger partial charge < -0.3 is 19.7 Å². The zero-order valence-corrected chi connectivity index (χ0v) is 19.2. The highest BCUT2D eigenvalue weighted by Gasteiger charge is 2.30. The highest BCUT2D eigenvalue weighted by atomic mass is 35.5. The monoisotopic (exact) mass is 444 g/mol. The van der Waals surface area contributed by atoms with Crippen molar-refractivity contribution >= 4 is 23.4 Å². The fourth-order valence-corrected chi connectivity index (χ4v) is 4.15. The number of ether oxygens (including phenoxy) is 2. The number of carbonyl (C=O) groups is 2. The van der Waals surface area contributed by atoms with Crippen molar-refractivity contribution in [3.8, 4) is 11.5 Å². The zero-order chi connectivity index (χ0) is 22.5. The van der Waals surface area contributed by atoms with Crippen LogP contribution in [0.5, 0.6) is 11.5 Å². The Morgan fingerprint density at radius 1 is 1.13 bits per heavy atom. The van der Waals surface area contributed by atoms with Crippen LogP contribution in [0.3, 0.4) is 0 Å². The summed E-state index contributed by atoms with van der Waals surface area (Å²) in [6, 6.07) is 10.5. The Kier molecular flexibility index (Phi) is 7.44. The summed E-state index contributed by atoms with van der Waals surface area (Å²) in [6.07, 6.45) is 1.55. The molecule has 1 heterocycles. The van der Waals surface area contributed by atoms with Gasteiger partial charge in [0.2, 0.25) is 5.91 Å². The van der Waals surface area contributed by atoms with Gasteiger partial charge in [0.05, 0.1) is 26.2 Å².